The predicted octanol–water partition coefficient (Wildman–Crippen LogP) is 3.76. The van der Waals surface area contributed by atoms with E-state index in [2.05, 4.69) is 33.5 Å². The quantitative estimate of drug-likeness (QED) is 0.504. The summed E-state index contributed by atoms with van der Waals surface area (Å²) in [5.74, 6) is -0.0804. The number of carbonyl (C=O) groups excluding carboxylic acids is 1. The summed E-state index contributed by atoms with van der Waals surface area (Å²) >= 11 is 1.39. The van der Waals surface area contributed by atoms with Crippen LogP contribution < -0.4 is 10.9 Å². The highest BCUT2D eigenvalue weighted by Crippen LogP contribution is 2.24. The molecule has 5 nitrogen and oxygen atoms in total. The lowest BCUT2D eigenvalue weighted by atomic mass is 9.99. The van der Waals surface area contributed by atoms with Gasteiger partial charge in [-0.3, -0.25) is 9.59 Å². The number of hydrogen-bond acceptors (Lipinski definition) is 4. The second-order valence-corrected chi connectivity index (χ2v) is 7.29. The van der Waals surface area contributed by atoms with Gasteiger partial charge in [0.25, 0.3) is 5.56 Å². The summed E-state index contributed by atoms with van der Waals surface area (Å²) in [5.41, 5.74) is 2.17. The molecule has 0 saturated carbocycles. The Kier molecular flexibility index (Phi) is 5.96. The van der Waals surface area contributed by atoms with Crippen molar-refractivity contribution in [2.24, 2.45) is 0 Å². The zero-order valence-electron chi connectivity index (χ0n) is 15.7. The van der Waals surface area contributed by atoms with Gasteiger partial charge >= 0.3 is 0 Å². The molecule has 0 fully saturated rings. The maximum Gasteiger partial charge on any atom is 0.254 e. The van der Waals surface area contributed by atoms with Gasteiger partial charge in [-0.05, 0) is 42.9 Å². The van der Waals surface area contributed by atoms with Gasteiger partial charge in [-0.1, -0.05) is 54.2 Å². The molecular formula is C21H23N3O2S. The fraction of sp³-hybridized carbons (Fsp3) is 0.286. The number of thioether (sulfide) groups is 1. The topological polar surface area (TPSA) is 74.8 Å². The highest BCUT2D eigenvalue weighted by molar-refractivity contribution is 7.98. The first-order chi connectivity index (χ1) is 13.0. The van der Waals surface area contributed by atoms with Crippen molar-refractivity contribution >= 4 is 28.4 Å². The molecule has 0 spiro atoms. The summed E-state index contributed by atoms with van der Waals surface area (Å²) in [7, 11) is 0. The molecule has 3 rings (SSSR count). The molecule has 0 aliphatic heterocycles. The summed E-state index contributed by atoms with van der Waals surface area (Å²) in [6.45, 7) is 3.79. The van der Waals surface area contributed by atoms with Gasteiger partial charge in [0.05, 0.1) is 6.04 Å². The number of rotatable bonds is 6. The van der Waals surface area contributed by atoms with Crippen LogP contribution in [-0.2, 0) is 11.2 Å². The molecule has 3 aromatic rings. The smallest absolute Gasteiger partial charge is 0.254 e. The van der Waals surface area contributed by atoms with Crippen LogP contribution >= 0.6 is 11.8 Å². The Labute approximate surface area is 162 Å². The van der Waals surface area contributed by atoms with Crippen LogP contribution in [0.1, 0.15) is 36.2 Å². The fourth-order valence-corrected chi connectivity index (χ4v) is 3.66. The number of hydrogen-bond donors (Lipinski definition) is 2. The molecule has 6 heteroatoms. The van der Waals surface area contributed by atoms with E-state index in [-0.39, 0.29) is 23.9 Å². The number of fused-ring (bicyclic) bond motifs is 1. The second-order valence-electron chi connectivity index (χ2n) is 6.50. The van der Waals surface area contributed by atoms with Gasteiger partial charge in [0.2, 0.25) is 5.91 Å². The van der Waals surface area contributed by atoms with Gasteiger partial charge in [-0.2, -0.15) is 0 Å². The zero-order chi connectivity index (χ0) is 19.4. The number of carbonyl (C=O) groups is 1. The Balaban J connectivity index is 1.68. The molecule has 1 heterocycles. The minimum absolute atomic E-state index is 0.0804. The Morgan fingerprint density at radius 3 is 2.70 bits per heavy atom. The molecule has 1 atom stereocenters. The normalized spacial score (nSPS) is 12.1. The SMILES string of the molecule is CSc1nc(C)c(CCC(=O)NC(C)c2cccc3ccccc23)c(=O)[nH]1. The number of nitrogens with zero attached hydrogens (tertiary/aromatic N) is 1. The van der Waals surface area contributed by atoms with E-state index in [0.717, 1.165) is 16.3 Å². The molecular weight excluding hydrogens is 358 g/mol. The van der Waals surface area contributed by atoms with Gasteiger partial charge in [-0.15, -0.1) is 0 Å². The van der Waals surface area contributed by atoms with Crippen LogP contribution in [0.25, 0.3) is 10.8 Å². The summed E-state index contributed by atoms with van der Waals surface area (Å²) in [5, 5.41) is 5.92. The number of aromatic nitrogens is 2. The molecule has 140 valence electrons. The first-order valence-corrected chi connectivity index (χ1v) is 10.1. The van der Waals surface area contributed by atoms with Crippen molar-refractivity contribution < 1.29 is 4.79 Å². The minimum Gasteiger partial charge on any atom is -0.350 e. The number of aromatic amines is 1. The molecule has 1 amide bonds. The Morgan fingerprint density at radius 1 is 1.22 bits per heavy atom. The van der Waals surface area contributed by atoms with E-state index in [4.69, 9.17) is 0 Å². The van der Waals surface area contributed by atoms with Crippen LogP contribution in [0.5, 0.6) is 0 Å². The Morgan fingerprint density at radius 2 is 1.96 bits per heavy atom. The van der Waals surface area contributed by atoms with Gasteiger partial charge in [-0.25, -0.2) is 4.98 Å². The molecule has 1 unspecified atom stereocenters. The minimum atomic E-state index is -0.165. The van der Waals surface area contributed by atoms with E-state index in [1.54, 1.807) is 6.92 Å². The average Bonchev–Trinajstić information content (AvgIpc) is 2.66. The lowest BCUT2D eigenvalue weighted by Gasteiger charge is -2.17. The van der Waals surface area contributed by atoms with Gasteiger partial charge in [0, 0.05) is 17.7 Å². The number of amides is 1. The van der Waals surface area contributed by atoms with Crippen LogP contribution in [0.15, 0.2) is 52.4 Å². The zero-order valence-corrected chi connectivity index (χ0v) is 16.5. The highest BCUT2D eigenvalue weighted by atomic mass is 32.2. The van der Waals surface area contributed by atoms with E-state index in [9.17, 15) is 9.59 Å². The largest absolute Gasteiger partial charge is 0.350 e. The predicted molar refractivity (Wildman–Crippen MR) is 110 cm³/mol. The van der Waals surface area contributed by atoms with E-state index in [1.165, 1.54) is 11.8 Å². The lowest BCUT2D eigenvalue weighted by molar-refractivity contribution is -0.121. The third kappa shape index (κ3) is 4.39. The van der Waals surface area contributed by atoms with Crippen molar-refractivity contribution in [2.75, 3.05) is 6.26 Å². The molecule has 0 saturated heterocycles. The molecule has 1 aromatic heterocycles. The van der Waals surface area contributed by atoms with Crippen LogP contribution in [0.3, 0.4) is 0 Å². The lowest BCUT2D eigenvalue weighted by Crippen LogP contribution is -2.28. The number of H-pyrrole nitrogens is 1. The summed E-state index contributed by atoms with van der Waals surface area (Å²) in [6, 6.07) is 14.1. The first kappa shape index (κ1) is 19.2. The number of aryl methyl sites for hydroxylation is 1. The second kappa shape index (κ2) is 8.39. The van der Waals surface area contributed by atoms with Crippen LogP contribution in [0.2, 0.25) is 0 Å². The van der Waals surface area contributed by atoms with Gasteiger partial charge in [0.1, 0.15) is 0 Å². The highest BCUT2D eigenvalue weighted by Gasteiger charge is 2.14. The van der Waals surface area contributed by atoms with E-state index in [1.807, 2.05) is 37.4 Å². The van der Waals surface area contributed by atoms with Crippen molar-refractivity contribution in [1.29, 1.82) is 0 Å². The van der Waals surface area contributed by atoms with E-state index in [0.29, 0.717) is 22.8 Å². The van der Waals surface area contributed by atoms with Gasteiger partial charge in [0.15, 0.2) is 5.16 Å². The van der Waals surface area contributed by atoms with E-state index < -0.39 is 0 Å². The van der Waals surface area contributed by atoms with E-state index >= 15 is 0 Å². The van der Waals surface area contributed by atoms with Crippen molar-refractivity contribution in [1.82, 2.24) is 15.3 Å². The molecule has 0 bridgehead atoms. The van der Waals surface area contributed by atoms with Crippen molar-refractivity contribution in [2.45, 2.75) is 37.9 Å². The first-order valence-electron chi connectivity index (χ1n) is 8.90. The Bertz CT molecular complexity index is 1020. The summed E-state index contributed by atoms with van der Waals surface area (Å²) < 4.78 is 0. The summed E-state index contributed by atoms with van der Waals surface area (Å²) in [6.07, 6.45) is 2.48. The van der Waals surface area contributed by atoms with Crippen LogP contribution in [0.4, 0.5) is 0 Å². The van der Waals surface area contributed by atoms with Crippen molar-refractivity contribution in [3.8, 4) is 0 Å². The van der Waals surface area contributed by atoms with Gasteiger partial charge < -0.3 is 10.3 Å². The standard InChI is InChI=1S/C21H23N3O2S/c1-13(16-10-6-8-15-7-4-5-9-18(15)16)22-19(25)12-11-17-14(2)23-21(27-3)24-20(17)26/h4-10,13H,11-12H2,1-3H3,(H,22,25)(H,23,24,26). The monoisotopic (exact) mass is 381 g/mol. The third-order valence-electron chi connectivity index (χ3n) is 4.66. The van der Waals surface area contributed by atoms with Crippen LogP contribution in [0, 0.1) is 6.92 Å². The molecule has 2 N–H and O–H groups in total. The number of nitrogens with one attached hydrogen (secondary N) is 2. The Hall–Kier alpha value is -2.60. The van der Waals surface area contributed by atoms with Crippen LogP contribution in [-0.4, -0.2) is 22.1 Å². The molecule has 27 heavy (non-hydrogen) atoms. The van der Waals surface area contributed by atoms with Crippen molar-refractivity contribution in [3.63, 3.8) is 0 Å². The average molecular weight is 382 g/mol. The number of benzene rings is 2. The maximum atomic E-state index is 12.4. The summed E-state index contributed by atoms with van der Waals surface area (Å²) in [4.78, 5) is 31.7. The third-order valence-corrected chi connectivity index (χ3v) is 5.24. The molecule has 0 aliphatic rings. The maximum absolute atomic E-state index is 12.4. The molecule has 0 radical (unpaired) electrons. The molecule has 2 aromatic carbocycles. The fourth-order valence-electron chi connectivity index (χ4n) is 3.23. The molecule has 0 aliphatic carbocycles. The van der Waals surface area contributed by atoms with Crippen molar-refractivity contribution in [3.05, 3.63) is 69.6 Å².